The van der Waals surface area contributed by atoms with Gasteiger partial charge in [-0.05, 0) is 47.5 Å². The molecule has 0 atom stereocenters. The zero-order chi connectivity index (χ0) is 21.1. The number of anilines is 1. The molecule has 1 aliphatic heterocycles. The fraction of sp³-hybridized carbons (Fsp3) is 0.0769. The number of halogens is 1. The molecule has 1 aliphatic rings. The first-order valence-electron chi connectivity index (χ1n) is 9.50. The van der Waals surface area contributed by atoms with Gasteiger partial charge in [-0.1, -0.05) is 65.9 Å². The average Bonchev–Trinajstić information content (AvgIpc) is 2.77. The maximum absolute atomic E-state index is 13.1. The summed E-state index contributed by atoms with van der Waals surface area (Å²) >= 11 is 5.92. The fourth-order valence-electron chi connectivity index (χ4n) is 3.32. The smallest absolute Gasteiger partial charge is 0.262 e. The molecule has 4 heteroatoms. The number of ketones is 1. The number of hydrogen-bond donors (Lipinski definition) is 0. The van der Waals surface area contributed by atoms with E-state index in [-0.39, 0.29) is 17.3 Å². The summed E-state index contributed by atoms with van der Waals surface area (Å²) in [5.41, 5.74) is 3.81. The Hall–Kier alpha value is -3.61. The molecule has 0 saturated carbocycles. The van der Waals surface area contributed by atoms with E-state index in [1.54, 1.807) is 49.5 Å². The van der Waals surface area contributed by atoms with Crippen molar-refractivity contribution in [3.05, 3.63) is 106 Å². The summed E-state index contributed by atoms with van der Waals surface area (Å²) in [4.78, 5) is 27.4. The molecule has 1 heterocycles. The van der Waals surface area contributed by atoms with Crippen molar-refractivity contribution in [3.8, 4) is 11.8 Å². The number of Topliss-reactive ketones (excluding diaryl/α,β-unsaturated/α-hetero) is 1. The molecule has 3 nitrogen and oxygen atoms in total. The Morgan fingerprint density at radius 2 is 1.70 bits per heavy atom. The van der Waals surface area contributed by atoms with E-state index in [4.69, 9.17) is 11.6 Å². The summed E-state index contributed by atoms with van der Waals surface area (Å²) in [6.07, 6.45) is 2.24. The minimum Gasteiger partial charge on any atom is -0.311 e. The molecule has 0 spiro atoms. The van der Waals surface area contributed by atoms with Gasteiger partial charge in [-0.15, -0.1) is 0 Å². The van der Waals surface area contributed by atoms with Crippen molar-refractivity contribution in [2.45, 2.75) is 6.42 Å². The number of hydrogen-bond acceptors (Lipinski definition) is 2. The van der Waals surface area contributed by atoms with Crippen molar-refractivity contribution in [1.82, 2.24) is 0 Å². The van der Waals surface area contributed by atoms with Crippen molar-refractivity contribution in [2.24, 2.45) is 0 Å². The quantitative estimate of drug-likeness (QED) is 0.331. The van der Waals surface area contributed by atoms with E-state index in [9.17, 15) is 9.59 Å². The standard InChI is InChI=1S/C26H18ClNO2/c1-28-24-15-12-19(9-5-8-18-6-3-2-4-7-18)16-22(24)25(29)23(26(28)30)17-20-10-13-21(27)14-11-20/h2-4,6-7,10-17H,8H2,1H3/b23-17-. The van der Waals surface area contributed by atoms with Crippen LogP contribution in [0.5, 0.6) is 0 Å². The van der Waals surface area contributed by atoms with Gasteiger partial charge in [0.05, 0.1) is 11.3 Å². The van der Waals surface area contributed by atoms with Crippen LogP contribution in [0.3, 0.4) is 0 Å². The van der Waals surface area contributed by atoms with Crippen molar-refractivity contribution in [3.63, 3.8) is 0 Å². The molecule has 4 rings (SSSR count). The molecule has 1 amide bonds. The van der Waals surface area contributed by atoms with Crippen molar-refractivity contribution >= 4 is 35.1 Å². The van der Waals surface area contributed by atoms with Gasteiger partial charge in [0, 0.05) is 29.6 Å². The minimum absolute atomic E-state index is 0.127. The second kappa shape index (κ2) is 8.41. The van der Waals surface area contributed by atoms with E-state index in [0.717, 1.165) is 16.7 Å². The SMILES string of the molecule is CN1C(=O)/C(=C\c2ccc(Cl)cc2)C(=O)c2cc(C#CCc3ccccc3)ccc21. The van der Waals surface area contributed by atoms with Crippen LogP contribution in [0.4, 0.5) is 5.69 Å². The molecule has 3 aromatic carbocycles. The molecule has 0 bridgehead atoms. The van der Waals surface area contributed by atoms with Crippen LogP contribution in [0.15, 0.2) is 78.4 Å². The minimum atomic E-state index is -0.328. The summed E-state index contributed by atoms with van der Waals surface area (Å²) in [5.74, 6) is 5.64. The second-order valence-corrected chi connectivity index (χ2v) is 7.44. The van der Waals surface area contributed by atoms with Gasteiger partial charge in [0.25, 0.3) is 5.91 Å². The van der Waals surface area contributed by atoms with Gasteiger partial charge < -0.3 is 4.90 Å². The van der Waals surface area contributed by atoms with Gasteiger partial charge in [-0.3, -0.25) is 9.59 Å². The van der Waals surface area contributed by atoms with Crippen LogP contribution >= 0.6 is 11.6 Å². The van der Waals surface area contributed by atoms with Gasteiger partial charge in [-0.25, -0.2) is 0 Å². The Morgan fingerprint density at radius 1 is 0.967 bits per heavy atom. The van der Waals surface area contributed by atoms with Gasteiger partial charge in [-0.2, -0.15) is 0 Å². The number of carbonyl (C=O) groups is 2. The predicted octanol–water partition coefficient (Wildman–Crippen LogP) is 5.18. The number of amides is 1. The largest absolute Gasteiger partial charge is 0.311 e. The van der Waals surface area contributed by atoms with Gasteiger partial charge >= 0.3 is 0 Å². The van der Waals surface area contributed by atoms with Crippen molar-refractivity contribution < 1.29 is 9.59 Å². The lowest BCUT2D eigenvalue weighted by molar-refractivity contribution is -0.114. The molecule has 0 fully saturated rings. The lowest BCUT2D eigenvalue weighted by Gasteiger charge is -2.26. The van der Waals surface area contributed by atoms with E-state index in [2.05, 4.69) is 11.8 Å². The maximum Gasteiger partial charge on any atom is 0.262 e. The monoisotopic (exact) mass is 411 g/mol. The molecule has 3 aromatic rings. The number of benzene rings is 3. The predicted molar refractivity (Wildman–Crippen MR) is 121 cm³/mol. The number of fused-ring (bicyclic) bond motifs is 1. The number of nitrogens with zero attached hydrogens (tertiary/aromatic N) is 1. The normalized spacial score (nSPS) is 14.3. The van der Waals surface area contributed by atoms with Gasteiger partial charge in [0.1, 0.15) is 0 Å². The zero-order valence-corrected chi connectivity index (χ0v) is 17.1. The molecule has 30 heavy (non-hydrogen) atoms. The maximum atomic E-state index is 13.1. The third kappa shape index (κ3) is 4.05. The number of likely N-dealkylation sites (N-methyl/N-ethyl adjacent to an activating group) is 1. The Kier molecular flexibility index (Phi) is 5.52. The van der Waals surface area contributed by atoms with E-state index in [1.807, 2.05) is 36.4 Å². The lowest BCUT2D eigenvalue weighted by atomic mass is 9.92. The zero-order valence-electron chi connectivity index (χ0n) is 16.4. The third-order valence-corrected chi connectivity index (χ3v) is 5.18. The summed E-state index contributed by atoms with van der Waals surface area (Å²) in [6, 6.07) is 22.4. The van der Waals surface area contributed by atoms with Crippen LogP contribution in [0.2, 0.25) is 5.02 Å². The van der Waals surface area contributed by atoms with Crippen LogP contribution in [0, 0.1) is 11.8 Å². The summed E-state index contributed by atoms with van der Waals surface area (Å²) in [7, 11) is 1.67. The van der Waals surface area contributed by atoms with E-state index < -0.39 is 0 Å². The second-order valence-electron chi connectivity index (χ2n) is 7.00. The molecule has 0 aromatic heterocycles. The van der Waals surface area contributed by atoms with Crippen LogP contribution in [0.1, 0.15) is 27.0 Å². The van der Waals surface area contributed by atoms with Gasteiger partial charge in [0.2, 0.25) is 5.78 Å². The van der Waals surface area contributed by atoms with E-state index >= 15 is 0 Å². The lowest BCUT2D eigenvalue weighted by Crippen LogP contribution is -2.36. The molecular weight excluding hydrogens is 394 g/mol. The highest BCUT2D eigenvalue weighted by Crippen LogP contribution is 2.31. The Balaban J connectivity index is 1.66. The van der Waals surface area contributed by atoms with Crippen LogP contribution in [-0.2, 0) is 11.2 Å². The highest BCUT2D eigenvalue weighted by molar-refractivity contribution is 6.36. The first-order valence-corrected chi connectivity index (χ1v) is 9.87. The molecule has 146 valence electrons. The van der Waals surface area contributed by atoms with Crippen molar-refractivity contribution in [2.75, 3.05) is 11.9 Å². The Morgan fingerprint density at radius 3 is 2.43 bits per heavy atom. The molecular formula is C26H18ClNO2. The molecule has 0 saturated heterocycles. The van der Waals surface area contributed by atoms with Gasteiger partial charge in [0.15, 0.2) is 0 Å². The average molecular weight is 412 g/mol. The first kappa shape index (κ1) is 19.7. The Bertz CT molecular complexity index is 1220. The summed E-state index contributed by atoms with van der Waals surface area (Å²) in [5, 5.41) is 0.597. The number of rotatable bonds is 2. The van der Waals surface area contributed by atoms with Crippen LogP contribution < -0.4 is 4.90 Å². The fourth-order valence-corrected chi connectivity index (χ4v) is 3.44. The van der Waals surface area contributed by atoms with E-state index in [1.165, 1.54) is 4.90 Å². The molecule has 0 N–H and O–H groups in total. The molecule has 0 unspecified atom stereocenters. The summed E-state index contributed by atoms with van der Waals surface area (Å²) in [6.45, 7) is 0. The number of carbonyl (C=O) groups excluding carboxylic acids is 2. The Labute approximate surface area is 180 Å². The summed E-state index contributed by atoms with van der Waals surface area (Å²) < 4.78 is 0. The van der Waals surface area contributed by atoms with E-state index in [0.29, 0.717) is 22.7 Å². The first-order chi connectivity index (χ1) is 14.5. The topological polar surface area (TPSA) is 37.4 Å². The molecule has 0 radical (unpaired) electrons. The highest BCUT2D eigenvalue weighted by atomic mass is 35.5. The van der Waals surface area contributed by atoms with Crippen molar-refractivity contribution in [1.29, 1.82) is 0 Å². The van der Waals surface area contributed by atoms with Crippen LogP contribution in [-0.4, -0.2) is 18.7 Å². The molecule has 0 aliphatic carbocycles. The van der Waals surface area contributed by atoms with Crippen LogP contribution in [0.25, 0.3) is 6.08 Å². The highest BCUT2D eigenvalue weighted by Gasteiger charge is 2.32. The third-order valence-electron chi connectivity index (χ3n) is 4.93.